The molecular formula is C25H31N5O. The molecule has 0 bridgehead atoms. The zero-order valence-electron chi connectivity index (χ0n) is 18.3. The van der Waals surface area contributed by atoms with Crippen LogP contribution < -0.4 is 4.90 Å². The maximum absolute atomic E-state index is 12.8. The number of anilines is 1. The van der Waals surface area contributed by atoms with Gasteiger partial charge in [-0.3, -0.25) is 14.6 Å². The summed E-state index contributed by atoms with van der Waals surface area (Å²) in [6, 6.07) is 18.6. The quantitative estimate of drug-likeness (QED) is 0.748. The molecule has 2 aliphatic rings. The van der Waals surface area contributed by atoms with Gasteiger partial charge in [0.2, 0.25) is 5.91 Å². The number of carbonyl (C=O) groups excluding carboxylic acids is 1. The van der Waals surface area contributed by atoms with Crippen molar-refractivity contribution in [3.8, 4) is 6.07 Å². The van der Waals surface area contributed by atoms with E-state index in [1.165, 1.54) is 16.8 Å². The van der Waals surface area contributed by atoms with E-state index in [4.69, 9.17) is 5.26 Å². The van der Waals surface area contributed by atoms with Gasteiger partial charge in [0.1, 0.15) is 0 Å². The van der Waals surface area contributed by atoms with Crippen LogP contribution in [0.2, 0.25) is 0 Å². The van der Waals surface area contributed by atoms with E-state index >= 15 is 0 Å². The highest BCUT2D eigenvalue weighted by Gasteiger charge is 2.25. The van der Waals surface area contributed by atoms with Crippen LogP contribution in [-0.2, 0) is 11.3 Å². The average molecular weight is 418 g/mol. The van der Waals surface area contributed by atoms with Crippen molar-refractivity contribution in [2.45, 2.75) is 13.5 Å². The fourth-order valence-electron chi connectivity index (χ4n) is 4.38. The number of piperazine rings is 2. The van der Waals surface area contributed by atoms with Gasteiger partial charge in [0.25, 0.3) is 0 Å². The second kappa shape index (κ2) is 9.95. The van der Waals surface area contributed by atoms with Crippen LogP contribution in [-0.4, -0.2) is 79.5 Å². The van der Waals surface area contributed by atoms with Crippen LogP contribution in [0.1, 0.15) is 16.7 Å². The first-order valence-corrected chi connectivity index (χ1v) is 11.1. The first kappa shape index (κ1) is 21.4. The highest BCUT2D eigenvalue weighted by Crippen LogP contribution is 2.18. The summed E-state index contributed by atoms with van der Waals surface area (Å²) in [5, 5.41) is 8.92. The Morgan fingerprint density at radius 2 is 1.58 bits per heavy atom. The number of hydrogen-bond donors (Lipinski definition) is 0. The van der Waals surface area contributed by atoms with E-state index in [2.05, 4.69) is 52.0 Å². The van der Waals surface area contributed by atoms with Crippen molar-refractivity contribution in [1.29, 1.82) is 5.26 Å². The van der Waals surface area contributed by atoms with Crippen LogP contribution in [0.25, 0.3) is 0 Å². The monoisotopic (exact) mass is 417 g/mol. The van der Waals surface area contributed by atoms with E-state index in [9.17, 15) is 4.79 Å². The standard InChI is InChI=1S/C25H31N5O/c1-21-3-2-4-24(17-21)29-13-15-30(16-14-29)25(31)20-28-11-9-27(10-12-28)19-23-7-5-22(18-26)6-8-23/h2-8,17H,9-16,19-20H2,1H3. The SMILES string of the molecule is Cc1cccc(N2CCN(C(=O)CN3CCN(Cc4ccc(C#N)cc4)CC3)CC2)c1. The third-order valence-corrected chi connectivity index (χ3v) is 6.31. The van der Waals surface area contributed by atoms with Crippen molar-refractivity contribution in [1.82, 2.24) is 14.7 Å². The lowest BCUT2D eigenvalue weighted by atomic mass is 10.1. The van der Waals surface area contributed by atoms with Gasteiger partial charge in [0, 0.05) is 64.6 Å². The van der Waals surface area contributed by atoms with Gasteiger partial charge in [-0.15, -0.1) is 0 Å². The molecule has 6 nitrogen and oxygen atoms in total. The largest absolute Gasteiger partial charge is 0.368 e. The van der Waals surface area contributed by atoms with Gasteiger partial charge in [0.05, 0.1) is 18.2 Å². The molecule has 4 rings (SSSR count). The molecule has 0 unspecified atom stereocenters. The molecule has 162 valence electrons. The Bertz CT molecular complexity index is 920. The van der Waals surface area contributed by atoms with E-state index < -0.39 is 0 Å². The van der Waals surface area contributed by atoms with E-state index in [1.807, 2.05) is 29.2 Å². The minimum Gasteiger partial charge on any atom is -0.368 e. The van der Waals surface area contributed by atoms with Crippen molar-refractivity contribution >= 4 is 11.6 Å². The predicted molar refractivity (Wildman–Crippen MR) is 123 cm³/mol. The summed E-state index contributed by atoms with van der Waals surface area (Å²) in [4.78, 5) is 21.9. The van der Waals surface area contributed by atoms with Gasteiger partial charge in [0.15, 0.2) is 0 Å². The second-order valence-electron chi connectivity index (χ2n) is 8.57. The second-order valence-corrected chi connectivity index (χ2v) is 8.57. The van der Waals surface area contributed by atoms with Crippen molar-refractivity contribution < 1.29 is 4.79 Å². The van der Waals surface area contributed by atoms with Crippen molar-refractivity contribution in [3.05, 3.63) is 65.2 Å². The van der Waals surface area contributed by atoms with Crippen LogP contribution in [0.15, 0.2) is 48.5 Å². The Hall–Kier alpha value is -2.88. The van der Waals surface area contributed by atoms with Crippen molar-refractivity contribution in [2.24, 2.45) is 0 Å². The molecule has 2 aromatic rings. The number of amides is 1. The summed E-state index contributed by atoms with van der Waals surface area (Å²) in [5.74, 6) is 0.254. The highest BCUT2D eigenvalue weighted by molar-refractivity contribution is 5.78. The average Bonchev–Trinajstić information content (AvgIpc) is 2.81. The molecule has 0 saturated carbocycles. The number of carbonyl (C=O) groups is 1. The number of nitrogens with zero attached hydrogens (tertiary/aromatic N) is 5. The maximum atomic E-state index is 12.8. The lowest BCUT2D eigenvalue weighted by molar-refractivity contribution is -0.133. The molecule has 2 aliphatic heterocycles. The minimum absolute atomic E-state index is 0.254. The Kier molecular flexibility index (Phi) is 6.86. The molecule has 31 heavy (non-hydrogen) atoms. The van der Waals surface area contributed by atoms with Crippen molar-refractivity contribution in [2.75, 3.05) is 63.8 Å². The number of aryl methyl sites for hydroxylation is 1. The normalized spacial score (nSPS) is 18.1. The van der Waals surface area contributed by atoms with Gasteiger partial charge < -0.3 is 9.80 Å². The number of nitriles is 1. The predicted octanol–water partition coefficient (Wildman–Crippen LogP) is 2.33. The first-order valence-electron chi connectivity index (χ1n) is 11.1. The molecule has 0 atom stereocenters. The molecule has 0 aromatic heterocycles. The molecule has 6 heteroatoms. The third-order valence-electron chi connectivity index (χ3n) is 6.31. The van der Waals surface area contributed by atoms with E-state index in [0.717, 1.165) is 58.9 Å². The molecular weight excluding hydrogens is 386 g/mol. The molecule has 0 radical (unpaired) electrons. The number of benzene rings is 2. The van der Waals surface area contributed by atoms with Gasteiger partial charge in [-0.1, -0.05) is 24.3 Å². The lowest BCUT2D eigenvalue weighted by Gasteiger charge is -2.38. The summed E-state index contributed by atoms with van der Waals surface area (Å²) in [6.45, 7) is 10.7. The molecule has 2 aromatic carbocycles. The van der Waals surface area contributed by atoms with Crippen molar-refractivity contribution in [3.63, 3.8) is 0 Å². The summed E-state index contributed by atoms with van der Waals surface area (Å²) in [6.07, 6.45) is 0. The lowest BCUT2D eigenvalue weighted by Crippen LogP contribution is -2.53. The van der Waals surface area contributed by atoms with Gasteiger partial charge in [-0.25, -0.2) is 0 Å². The van der Waals surface area contributed by atoms with Crippen LogP contribution in [0.5, 0.6) is 0 Å². The molecule has 0 aliphatic carbocycles. The first-order chi connectivity index (χ1) is 15.1. The van der Waals surface area contributed by atoms with E-state index in [1.54, 1.807) is 0 Å². The van der Waals surface area contributed by atoms with Gasteiger partial charge >= 0.3 is 0 Å². The molecule has 1 amide bonds. The van der Waals surface area contributed by atoms with Crippen LogP contribution in [0, 0.1) is 18.3 Å². The number of hydrogen-bond acceptors (Lipinski definition) is 5. The molecule has 0 spiro atoms. The Balaban J connectivity index is 1.19. The summed E-state index contributed by atoms with van der Waals surface area (Å²) in [5.41, 5.74) is 4.46. The molecule has 2 heterocycles. The highest BCUT2D eigenvalue weighted by atomic mass is 16.2. The summed E-state index contributed by atoms with van der Waals surface area (Å²) >= 11 is 0. The minimum atomic E-state index is 0.254. The molecule has 2 fully saturated rings. The zero-order chi connectivity index (χ0) is 21.6. The Morgan fingerprint density at radius 1 is 0.903 bits per heavy atom. The maximum Gasteiger partial charge on any atom is 0.236 e. The number of rotatable bonds is 5. The van der Waals surface area contributed by atoms with E-state index in [-0.39, 0.29) is 5.91 Å². The van der Waals surface area contributed by atoms with Crippen LogP contribution in [0.4, 0.5) is 5.69 Å². The summed E-state index contributed by atoms with van der Waals surface area (Å²) < 4.78 is 0. The van der Waals surface area contributed by atoms with Gasteiger partial charge in [-0.05, 0) is 42.3 Å². The topological polar surface area (TPSA) is 53.8 Å². The van der Waals surface area contributed by atoms with Crippen LogP contribution in [0.3, 0.4) is 0 Å². The summed E-state index contributed by atoms with van der Waals surface area (Å²) in [7, 11) is 0. The Labute approximate surface area is 185 Å². The van der Waals surface area contributed by atoms with Gasteiger partial charge in [-0.2, -0.15) is 5.26 Å². The molecule has 0 N–H and O–H groups in total. The fourth-order valence-corrected chi connectivity index (χ4v) is 4.38. The van der Waals surface area contributed by atoms with Crippen LogP contribution >= 0.6 is 0 Å². The molecule has 2 saturated heterocycles. The smallest absolute Gasteiger partial charge is 0.236 e. The third kappa shape index (κ3) is 5.63. The Morgan fingerprint density at radius 3 is 2.23 bits per heavy atom. The fraction of sp³-hybridized carbons (Fsp3) is 0.440. The zero-order valence-corrected chi connectivity index (χ0v) is 18.3. The van der Waals surface area contributed by atoms with E-state index in [0.29, 0.717) is 12.1 Å².